The van der Waals surface area contributed by atoms with E-state index >= 15 is 0 Å². The maximum absolute atomic E-state index is 12.1. The van der Waals surface area contributed by atoms with Gasteiger partial charge in [0.15, 0.2) is 0 Å². The fraction of sp³-hybridized carbons (Fsp3) is 0.333. The van der Waals surface area contributed by atoms with Gasteiger partial charge < -0.3 is 4.74 Å². The number of hydrogen-bond acceptors (Lipinski definition) is 4. The first-order valence-corrected chi connectivity index (χ1v) is 9.81. The van der Waals surface area contributed by atoms with Gasteiger partial charge in [0.1, 0.15) is 5.75 Å². The third-order valence-electron chi connectivity index (χ3n) is 3.56. The molecule has 0 aliphatic carbocycles. The SMILES string of the molecule is CC(C)COc1ccc(/C=N\NC(=O)[C@H](C)SCc2ccccc2)cc1. The minimum absolute atomic E-state index is 0.0981. The Hall–Kier alpha value is -2.27. The van der Waals surface area contributed by atoms with E-state index in [0.717, 1.165) is 17.1 Å². The van der Waals surface area contributed by atoms with Crippen molar-refractivity contribution in [3.63, 3.8) is 0 Å². The van der Waals surface area contributed by atoms with Crippen LogP contribution < -0.4 is 10.2 Å². The van der Waals surface area contributed by atoms with Crippen LogP contribution in [0.2, 0.25) is 0 Å². The molecule has 5 heteroatoms. The molecule has 0 saturated carbocycles. The van der Waals surface area contributed by atoms with Crippen molar-refractivity contribution in [3.05, 3.63) is 65.7 Å². The standard InChI is InChI=1S/C21H26N2O2S/c1-16(2)14-25-20-11-9-18(10-12-20)13-22-23-21(24)17(3)26-15-19-7-5-4-6-8-19/h4-13,16-17H,14-15H2,1-3H3,(H,23,24)/b22-13-/t17-/m0/s1. The summed E-state index contributed by atoms with van der Waals surface area (Å²) in [6.07, 6.45) is 1.64. The molecule has 0 unspecified atom stereocenters. The molecule has 0 radical (unpaired) electrons. The smallest absolute Gasteiger partial charge is 0.252 e. The molecule has 1 atom stereocenters. The largest absolute Gasteiger partial charge is 0.493 e. The molecule has 1 amide bonds. The predicted octanol–water partition coefficient (Wildman–Crippen LogP) is 4.49. The van der Waals surface area contributed by atoms with E-state index in [0.29, 0.717) is 12.5 Å². The van der Waals surface area contributed by atoms with Gasteiger partial charge in [-0.15, -0.1) is 11.8 Å². The summed E-state index contributed by atoms with van der Waals surface area (Å²) in [5.41, 5.74) is 4.72. The van der Waals surface area contributed by atoms with E-state index in [1.165, 1.54) is 5.56 Å². The number of nitrogens with zero attached hydrogens (tertiary/aromatic N) is 1. The molecule has 26 heavy (non-hydrogen) atoms. The zero-order valence-corrected chi connectivity index (χ0v) is 16.3. The number of hydrazone groups is 1. The lowest BCUT2D eigenvalue weighted by Gasteiger charge is -2.09. The van der Waals surface area contributed by atoms with Gasteiger partial charge in [-0.05, 0) is 48.2 Å². The Morgan fingerprint density at radius 2 is 1.81 bits per heavy atom. The maximum atomic E-state index is 12.1. The second-order valence-electron chi connectivity index (χ2n) is 6.45. The highest BCUT2D eigenvalue weighted by molar-refractivity contribution is 7.99. The first-order chi connectivity index (χ1) is 12.5. The summed E-state index contributed by atoms with van der Waals surface area (Å²) in [5.74, 6) is 2.04. The van der Waals surface area contributed by atoms with Crippen LogP contribution in [0.3, 0.4) is 0 Å². The number of carbonyl (C=O) groups is 1. The van der Waals surface area contributed by atoms with E-state index < -0.39 is 0 Å². The average molecular weight is 371 g/mol. The zero-order valence-electron chi connectivity index (χ0n) is 15.5. The third kappa shape index (κ3) is 7.31. The summed E-state index contributed by atoms with van der Waals surface area (Å²) in [6.45, 7) is 6.81. The molecule has 0 bridgehead atoms. The minimum atomic E-state index is -0.167. The zero-order chi connectivity index (χ0) is 18.8. The monoisotopic (exact) mass is 370 g/mol. The Morgan fingerprint density at radius 1 is 1.12 bits per heavy atom. The normalized spacial score (nSPS) is 12.3. The van der Waals surface area contributed by atoms with E-state index in [2.05, 4.69) is 36.5 Å². The molecule has 2 aromatic rings. The first kappa shape index (κ1) is 20.0. The van der Waals surface area contributed by atoms with Crippen molar-refractivity contribution >= 4 is 23.9 Å². The summed E-state index contributed by atoms with van der Waals surface area (Å²) in [6, 6.07) is 17.8. The second-order valence-corrected chi connectivity index (χ2v) is 7.78. The van der Waals surface area contributed by atoms with E-state index in [4.69, 9.17) is 4.74 Å². The second kappa shape index (κ2) is 10.7. The molecule has 2 aromatic carbocycles. The first-order valence-electron chi connectivity index (χ1n) is 8.76. The number of nitrogens with one attached hydrogen (secondary N) is 1. The van der Waals surface area contributed by atoms with Crippen molar-refractivity contribution in [3.8, 4) is 5.75 Å². The van der Waals surface area contributed by atoms with E-state index in [-0.39, 0.29) is 11.2 Å². The lowest BCUT2D eigenvalue weighted by molar-refractivity contribution is -0.120. The summed E-state index contributed by atoms with van der Waals surface area (Å²) >= 11 is 1.59. The number of hydrogen-bond donors (Lipinski definition) is 1. The van der Waals surface area contributed by atoms with Crippen LogP contribution in [0, 0.1) is 5.92 Å². The molecule has 4 nitrogen and oxygen atoms in total. The number of carbonyl (C=O) groups excluding carboxylic acids is 1. The molecule has 0 aromatic heterocycles. The van der Waals surface area contributed by atoms with Crippen molar-refractivity contribution in [1.82, 2.24) is 5.43 Å². The molecule has 0 aliphatic rings. The van der Waals surface area contributed by atoms with Crippen molar-refractivity contribution < 1.29 is 9.53 Å². The van der Waals surface area contributed by atoms with E-state index in [9.17, 15) is 4.79 Å². The highest BCUT2D eigenvalue weighted by atomic mass is 32.2. The fourth-order valence-corrected chi connectivity index (χ4v) is 2.88. The van der Waals surface area contributed by atoms with Crippen LogP contribution in [0.25, 0.3) is 0 Å². The quantitative estimate of drug-likeness (QED) is 0.522. The lowest BCUT2D eigenvalue weighted by atomic mass is 10.2. The Morgan fingerprint density at radius 3 is 2.46 bits per heavy atom. The number of ether oxygens (including phenoxy) is 1. The van der Waals surface area contributed by atoms with Gasteiger partial charge >= 0.3 is 0 Å². The van der Waals surface area contributed by atoms with Crippen LogP contribution in [-0.4, -0.2) is 24.0 Å². The van der Waals surface area contributed by atoms with Gasteiger partial charge in [-0.1, -0.05) is 44.2 Å². The predicted molar refractivity (Wildman–Crippen MR) is 110 cm³/mol. The highest BCUT2D eigenvalue weighted by Gasteiger charge is 2.12. The van der Waals surface area contributed by atoms with Crippen LogP contribution in [0.4, 0.5) is 0 Å². The Bertz CT molecular complexity index is 700. The molecule has 0 saturated heterocycles. The van der Waals surface area contributed by atoms with Crippen molar-refractivity contribution in [2.45, 2.75) is 31.8 Å². The van der Waals surface area contributed by atoms with Gasteiger partial charge in [-0.3, -0.25) is 4.79 Å². The van der Waals surface area contributed by atoms with Crippen LogP contribution in [-0.2, 0) is 10.5 Å². The Kier molecular flexibility index (Phi) is 8.22. The van der Waals surface area contributed by atoms with Crippen LogP contribution >= 0.6 is 11.8 Å². The fourth-order valence-electron chi connectivity index (χ4n) is 2.05. The summed E-state index contributed by atoms with van der Waals surface area (Å²) in [4.78, 5) is 12.1. The average Bonchev–Trinajstić information content (AvgIpc) is 2.66. The van der Waals surface area contributed by atoms with E-state index in [1.807, 2.05) is 49.4 Å². The number of amides is 1. The number of thioether (sulfide) groups is 1. The van der Waals surface area contributed by atoms with Gasteiger partial charge in [-0.2, -0.15) is 5.10 Å². The maximum Gasteiger partial charge on any atom is 0.252 e. The van der Waals surface area contributed by atoms with Crippen molar-refractivity contribution in [2.24, 2.45) is 11.0 Å². The van der Waals surface area contributed by atoms with Crippen LogP contribution in [0.15, 0.2) is 59.7 Å². The lowest BCUT2D eigenvalue weighted by Crippen LogP contribution is -2.26. The molecule has 2 rings (SSSR count). The molecular weight excluding hydrogens is 344 g/mol. The molecule has 0 aliphatic heterocycles. The topological polar surface area (TPSA) is 50.7 Å². The molecule has 0 spiro atoms. The van der Waals surface area contributed by atoms with Crippen molar-refractivity contribution in [2.75, 3.05) is 6.61 Å². The van der Waals surface area contributed by atoms with Gasteiger partial charge in [0.25, 0.3) is 5.91 Å². The number of benzene rings is 2. The summed E-state index contributed by atoms with van der Waals surface area (Å²) in [5, 5.41) is 3.88. The highest BCUT2D eigenvalue weighted by Crippen LogP contribution is 2.17. The van der Waals surface area contributed by atoms with Gasteiger partial charge in [0.2, 0.25) is 0 Å². The van der Waals surface area contributed by atoms with E-state index in [1.54, 1.807) is 18.0 Å². The van der Waals surface area contributed by atoms with Crippen LogP contribution in [0.5, 0.6) is 5.75 Å². The van der Waals surface area contributed by atoms with Gasteiger partial charge in [-0.25, -0.2) is 5.43 Å². The molecule has 138 valence electrons. The number of rotatable bonds is 9. The molecule has 1 N–H and O–H groups in total. The Balaban J connectivity index is 1.75. The Labute approximate surface area is 160 Å². The summed E-state index contributed by atoms with van der Waals surface area (Å²) < 4.78 is 5.64. The summed E-state index contributed by atoms with van der Waals surface area (Å²) in [7, 11) is 0. The third-order valence-corrected chi connectivity index (χ3v) is 4.78. The minimum Gasteiger partial charge on any atom is -0.493 e. The molecule has 0 fully saturated rings. The molecule has 0 heterocycles. The van der Waals surface area contributed by atoms with Crippen molar-refractivity contribution in [1.29, 1.82) is 0 Å². The van der Waals surface area contributed by atoms with Crippen LogP contribution in [0.1, 0.15) is 31.9 Å². The van der Waals surface area contributed by atoms with Gasteiger partial charge in [0.05, 0.1) is 18.1 Å². The molecular formula is C21H26N2O2S. The van der Waals surface area contributed by atoms with Gasteiger partial charge in [0, 0.05) is 5.75 Å².